The zero-order valence-corrected chi connectivity index (χ0v) is 14.6. The van der Waals surface area contributed by atoms with Crippen LogP contribution in [0.25, 0.3) is 0 Å². The van der Waals surface area contributed by atoms with Gasteiger partial charge in [-0.2, -0.15) is 13.2 Å². The lowest BCUT2D eigenvalue weighted by Gasteiger charge is -2.19. The van der Waals surface area contributed by atoms with Gasteiger partial charge in [-0.25, -0.2) is 0 Å². The molecule has 1 aromatic carbocycles. The van der Waals surface area contributed by atoms with Crippen LogP contribution in [0.4, 0.5) is 13.2 Å². The number of amides is 2. The average Bonchev–Trinajstić information content (AvgIpc) is 2.51. The Bertz CT molecular complexity index is 573. The highest BCUT2D eigenvalue weighted by atomic mass is 19.4. The number of carbonyl (C=O) groups is 2. The van der Waals surface area contributed by atoms with E-state index < -0.39 is 17.8 Å². The Morgan fingerprint density at radius 2 is 1.80 bits per heavy atom. The maximum Gasteiger partial charge on any atom is 0.416 e. The van der Waals surface area contributed by atoms with E-state index in [0.29, 0.717) is 18.7 Å². The van der Waals surface area contributed by atoms with Gasteiger partial charge in [0, 0.05) is 13.1 Å². The predicted molar refractivity (Wildman–Crippen MR) is 88.7 cm³/mol. The van der Waals surface area contributed by atoms with Crippen LogP contribution in [0.3, 0.4) is 0 Å². The average molecular weight is 359 g/mol. The zero-order valence-electron chi connectivity index (χ0n) is 14.6. The van der Waals surface area contributed by atoms with E-state index >= 15 is 0 Å². The normalized spacial score (nSPS) is 12.8. The molecule has 0 aliphatic heterocycles. The second-order valence-electron chi connectivity index (χ2n) is 5.95. The maximum absolute atomic E-state index is 12.5. The molecule has 0 spiro atoms. The first-order valence-corrected chi connectivity index (χ1v) is 8.05. The number of rotatable bonds is 8. The highest BCUT2D eigenvalue weighted by Gasteiger charge is 2.29. The lowest BCUT2D eigenvalue weighted by atomic mass is 10.1. The first-order chi connectivity index (χ1) is 11.6. The van der Waals surface area contributed by atoms with E-state index in [9.17, 15) is 22.8 Å². The molecule has 1 atom stereocenters. The lowest BCUT2D eigenvalue weighted by Crippen LogP contribution is -2.47. The highest BCUT2D eigenvalue weighted by molar-refractivity contribution is 5.87. The van der Waals surface area contributed by atoms with Crippen LogP contribution in [0.15, 0.2) is 24.3 Å². The molecule has 0 aliphatic rings. The molecule has 0 heterocycles. The van der Waals surface area contributed by atoms with Gasteiger partial charge in [0.15, 0.2) is 0 Å². The molecule has 2 amide bonds. The van der Waals surface area contributed by atoms with E-state index in [2.05, 4.69) is 10.6 Å². The van der Waals surface area contributed by atoms with Gasteiger partial charge in [0.05, 0.1) is 12.1 Å². The minimum absolute atomic E-state index is 0.0341. The summed E-state index contributed by atoms with van der Waals surface area (Å²) in [5.41, 5.74) is -0.0411. The van der Waals surface area contributed by atoms with Crippen LogP contribution in [0, 0.1) is 0 Å². The number of benzene rings is 1. The quantitative estimate of drug-likeness (QED) is 0.748. The van der Waals surface area contributed by atoms with Crippen LogP contribution in [0.5, 0.6) is 0 Å². The molecule has 0 bridgehead atoms. The topological polar surface area (TPSA) is 61.4 Å². The summed E-state index contributed by atoms with van der Waals surface area (Å²) in [6, 6.07) is 4.17. The van der Waals surface area contributed by atoms with Crippen LogP contribution in [0.1, 0.15) is 31.4 Å². The van der Waals surface area contributed by atoms with Gasteiger partial charge in [0.1, 0.15) is 6.04 Å². The van der Waals surface area contributed by atoms with Gasteiger partial charge in [0.2, 0.25) is 11.8 Å². The van der Waals surface area contributed by atoms with Crippen molar-refractivity contribution in [2.45, 2.75) is 39.0 Å². The molecule has 140 valence electrons. The standard InChI is InChI=1S/C17H24F3N3O2/c1-4-9-21-16(25)12(2)22-15(24)11-23(3)10-13-5-7-14(8-6-13)17(18,19)20/h5-8,12H,4,9-11H2,1-3H3,(H,21,25)(H,22,24)/t12-/m1/s1. The largest absolute Gasteiger partial charge is 0.416 e. The van der Waals surface area contributed by atoms with Crippen molar-refractivity contribution in [3.63, 3.8) is 0 Å². The Morgan fingerprint density at radius 1 is 1.20 bits per heavy atom. The number of likely N-dealkylation sites (N-methyl/N-ethyl adjacent to an activating group) is 1. The summed E-state index contributed by atoms with van der Waals surface area (Å²) in [4.78, 5) is 25.3. The van der Waals surface area contributed by atoms with Crippen molar-refractivity contribution in [3.05, 3.63) is 35.4 Å². The predicted octanol–water partition coefficient (Wildman–Crippen LogP) is 2.17. The number of hydrogen-bond acceptors (Lipinski definition) is 3. The van der Waals surface area contributed by atoms with Crippen LogP contribution >= 0.6 is 0 Å². The Morgan fingerprint density at radius 3 is 2.32 bits per heavy atom. The van der Waals surface area contributed by atoms with Gasteiger partial charge < -0.3 is 10.6 Å². The van der Waals surface area contributed by atoms with Crippen molar-refractivity contribution in [1.29, 1.82) is 0 Å². The molecule has 8 heteroatoms. The molecule has 0 saturated carbocycles. The van der Waals surface area contributed by atoms with E-state index in [0.717, 1.165) is 18.6 Å². The van der Waals surface area contributed by atoms with Gasteiger partial charge in [0.25, 0.3) is 0 Å². The molecule has 0 fully saturated rings. The van der Waals surface area contributed by atoms with Crippen LogP contribution in [-0.2, 0) is 22.3 Å². The molecule has 1 aromatic rings. The number of hydrogen-bond donors (Lipinski definition) is 2. The fourth-order valence-corrected chi connectivity index (χ4v) is 2.17. The van der Waals surface area contributed by atoms with E-state index in [4.69, 9.17) is 0 Å². The Balaban J connectivity index is 2.46. The second kappa shape index (κ2) is 9.41. The Hall–Kier alpha value is -2.09. The van der Waals surface area contributed by atoms with Crippen molar-refractivity contribution in [2.24, 2.45) is 0 Å². The van der Waals surface area contributed by atoms with Gasteiger partial charge in [-0.15, -0.1) is 0 Å². The number of carbonyl (C=O) groups excluding carboxylic acids is 2. The third-order valence-corrected chi connectivity index (χ3v) is 3.47. The molecule has 25 heavy (non-hydrogen) atoms. The van der Waals surface area contributed by atoms with Gasteiger partial charge in [-0.3, -0.25) is 14.5 Å². The summed E-state index contributed by atoms with van der Waals surface area (Å²) >= 11 is 0. The van der Waals surface area contributed by atoms with Crippen molar-refractivity contribution in [3.8, 4) is 0 Å². The molecule has 0 unspecified atom stereocenters. The summed E-state index contributed by atoms with van der Waals surface area (Å²) < 4.78 is 37.6. The summed E-state index contributed by atoms with van der Waals surface area (Å²) in [6.45, 7) is 4.43. The van der Waals surface area contributed by atoms with E-state index in [1.54, 1.807) is 18.9 Å². The van der Waals surface area contributed by atoms with Gasteiger partial charge >= 0.3 is 6.18 Å². The molecule has 2 N–H and O–H groups in total. The van der Waals surface area contributed by atoms with Crippen LogP contribution in [0.2, 0.25) is 0 Å². The van der Waals surface area contributed by atoms with Crippen LogP contribution in [-0.4, -0.2) is 42.9 Å². The van der Waals surface area contributed by atoms with Crippen LogP contribution < -0.4 is 10.6 Å². The monoisotopic (exact) mass is 359 g/mol. The molecule has 0 aromatic heterocycles. The number of nitrogens with zero attached hydrogens (tertiary/aromatic N) is 1. The smallest absolute Gasteiger partial charge is 0.354 e. The number of halogens is 3. The zero-order chi connectivity index (χ0) is 19.0. The Labute approximate surface area is 145 Å². The third-order valence-electron chi connectivity index (χ3n) is 3.47. The molecule has 0 aliphatic carbocycles. The summed E-state index contributed by atoms with van der Waals surface area (Å²) in [5, 5.41) is 5.28. The van der Waals surface area contributed by atoms with Crippen molar-refractivity contribution >= 4 is 11.8 Å². The lowest BCUT2D eigenvalue weighted by molar-refractivity contribution is -0.137. The summed E-state index contributed by atoms with van der Waals surface area (Å²) in [7, 11) is 1.68. The Kier molecular flexibility index (Phi) is 7.89. The number of nitrogens with one attached hydrogen (secondary N) is 2. The summed E-state index contributed by atoms with van der Waals surface area (Å²) in [5.74, 6) is -0.575. The molecule has 1 rings (SSSR count). The van der Waals surface area contributed by atoms with E-state index in [-0.39, 0.29) is 18.4 Å². The SMILES string of the molecule is CCCNC(=O)[C@@H](C)NC(=O)CN(C)Cc1ccc(C(F)(F)F)cc1. The molecule has 0 radical (unpaired) electrons. The molecule has 5 nitrogen and oxygen atoms in total. The van der Waals surface area contributed by atoms with E-state index in [1.165, 1.54) is 12.1 Å². The first-order valence-electron chi connectivity index (χ1n) is 8.05. The second-order valence-corrected chi connectivity index (χ2v) is 5.95. The van der Waals surface area contributed by atoms with Gasteiger partial charge in [-0.05, 0) is 38.1 Å². The molecular formula is C17H24F3N3O2. The van der Waals surface area contributed by atoms with E-state index in [1.807, 2.05) is 6.92 Å². The molecular weight excluding hydrogens is 335 g/mol. The summed E-state index contributed by atoms with van der Waals surface area (Å²) in [6.07, 6.45) is -3.55. The third kappa shape index (κ3) is 7.55. The fourth-order valence-electron chi connectivity index (χ4n) is 2.17. The number of alkyl halides is 3. The maximum atomic E-state index is 12.5. The highest BCUT2D eigenvalue weighted by Crippen LogP contribution is 2.29. The van der Waals surface area contributed by atoms with Crippen molar-refractivity contribution in [1.82, 2.24) is 15.5 Å². The first kappa shape index (κ1) is 21.0. The minimum atomic E-state index is -4.36. The van der Waals surface area contributed by atoms with Crippen molar-refractivity contribution in [2.75, 3.05) is 20.1 Å². The van der Waals surface area contributed by atoms with Gasteiger partial charge in [-0.1, -0.05) is 19.1 Å². The van der Waals surface area contributed by atoms with Crippen molar-refractivity contribution < 1.29 is 22.8 Å². The molecule has 0 saturated heterocycles. The minimum Gasteiger partial charge on any atom is -0.354 e. The fraction of sp³-hybridized carbons (Fsp3) is 0.529.